The lowest BCUT2D eigenvalue weighted by atomic mass is 9.99. The van der Waals surface area contributed by atoms with Gasteiger partial charge in [0, 0.05) is 17.5 Å². The Labute approximate surface area is 118 Å². The number of rotatable bonds is 4. The van der Waals surface area contributed by atoms with Crippen LogP contribution in [0.1, 0.15) is 52.2 Å². The van der Waals surface area contributed by atoms with Crippen molar-refractivity contribution in [1.82, 2.24) is 10.6 Å². The maximum atomic E-state index is 12.1. The Hall–Kier alpha value is -0.870. The minimum absolute atomic E-state index is 0.123. The molecule has 1 aromatic heterocycles. The van der Waals surface area contributed by atoms with Gasteiger partial charge in [-0.05, 0) is 63.1 Å². The summed E-state index contributed by atoms with van der Waals surface area (Å²) in [5, 5.41) is 6.53. The Morgan fingerprint density at radius 2 is 2.26 bits per heavy atom. The molecule has 2 aliphatic rings. The zero-order valence-corrected chi connectivity index (χ0v) is 12.2. The molecule has 0 bridgehead atoms. The van der Waals surface area contributed by atoms with E-state index in [1.165, 1.54) is 42.5 Å². The standard InChI is InChI=1S/C15H22N2OS/c18-15(17-9-7-12-5-3-8-16-12)14-10-11-4-1-2-6-13(11)19-14/h10,12,16H,1-9H2,(H,17,18). The normalized spacial score (nSPS) is 22.2. The third-order valence-corrected chi connectivity index (χ3v) is 5.40. The molecule has 1 amide bonds. The van der Waals surface area contributed by atoms with Crippen LogP contribution in [0.3, 0.4) is 0 Å². The van der Waals surface area contributed by atoms with Crippen molar-refractivity contribution in [2.24, 2.45) is 0 Å². The van der Waals surface area contributed by atoms with E-state index in [0.717, 1.165) is 30.8 Å². The van der Waals surface area contributed by atoms with E-state index in [1.54, 1.807) is 11.3 Å². The number of hydrogen-bond acceptors (Lipinski definition) is 3. The quantitative estimate of drug-likeness (QED) is 0.888. The summed E-state index contributed by atoms with van der Waals surface area (Å²) in [4.78, 5) is 14.5. The fraction of sp³-hybridized carbons (Fsp3) is 0.667. The molecule has 2 N–H and O–H groups in total. The van der Waals surface area contributed by atoms with Gasteiger partial charge in [0.2, 0.25) is 0 Å². The Kier molecular flexibility index (Phi) is 4.18. The summed E-state index contributed by atoms with van der Waals surface area (Å²) in [6, 6.07) is 2.72. The molecule has 0 spiro atoms. The van der Waals surface area contributed by atoms with Crippen molar-refractivity contribution < 1.29 is 4.79 Å². The lowest BCUT2D eigenvalue weighted by Gasteiger charge is -2.10. The van der Waals surface area contributed by atoms with E-state index in [4.69, 9.17) is 0 Å². The molecule has 1 atom stereocenters. The minimum Gasteiger partial charge on any atom is -0.351 e. The van der Waals surface area contributed by atoms with Crippen LogP contribution >= 0.6 is 11.3 Å². The summed E-state index contributed by atoms with van der Waals surface area (Å²) >= 11 is 1.70. The third kappa shape index (κ3) is 3.18. The van der Waals surface area contributed by atoms with E-state index in [-0.39, 0.29) is 5.91 Å². The number of nitrogens with one attached hydrogen (secondary N) is 2. The van der Waals surface area contributed by atoms with Crippen molar-refractivity contribution >= 4 is 17.2 Å². The van der Waals surface area contributed by atoms with Crippen LogP contribution in [0.25, 0.3) is 0 Å². The van der Waals surface area contributed by atoms with Crippen molar-refractivity contribution in [2.45, 2.75) is 51.0 Å². The minimum atomic E-state index is 0.123. The molecule has 0 aromatic carbocycles. The third-order valence-electron chi connectivity index (χ3n) is 4.16. The molecule has 1 fully saturated rings. The van der Waals surface area contributed by atoms with E-state index in [0.29, 0.717) is 6.04 Å². The molecule has 104 valence electrons. The summed E-state index contributed by atoms with van der Waals surface area (Å²) in [6.07, 6.45) is 8.46. The summed E-state index contributed by atoms with van der Waals surface area (Å²) in [6.45, 7) is 1.93. The van der Waals surface area contributed by atoms with Gasteiger partial charge in [0.25, 0.3) is 5.91 Å². The average molecular weight is 278 g/mol. The number of fused-ring (bicyclic) bond motifs is 1. The summed E-state index contributed by atoms with van der Waals surface area (Å²) in [7, 11) is 0. The number of carbonyl (C=O) groups is 1. The van der Waals surface area contributed by atoms with Gasteiger partial charge in [0.1, 0.15) is 0 Å². The first-order valence-corrected chi connectivity index (χ1v) is 8.28. The van der Waals surface area contributed by atoms with Gasteiger partial charge in [-0.2, -0.15) is 0 Å². The second kappa shape index (κ2) is 6.06. The lowest BCUT2D eigenvalue weighted by molar-refractivity contribution is 0.0956. The molecule has 1 aliphatic carbocycles. The average Bonchev–Trinajstić information content (AvgIpc) is 3.07. The highest BCUT2D eigenvalue weighted by Gasteiger charge is 2.18. The largest absolute Gasteiger partial charge is 0.351 e. The summed E-state index contributed by atoms with van der Waals surface area (Å²) in [5.74, 6) is 0.123. The molecule has 19 heavy (non-hydrogen) atoms. The van der Waals surface area contributed by atoms with Crippen molar-refractivity contribution in [3.8, 4) is 0 Å². The van der Waals surface area contributed by atoms with Crippen LogP contribution < -0.4 is 10.6 Å². The predicted octanol–water partition coefficient (Wildman–Crippen LogP) is 2.50. The number of aryl methyl sites for hydroxylation is 2. The fourth-order valence-corrected chi connectivity index (χ4v) is 4.22. The number of carbonyl (C=O) groups excluding carboxylic acids is 1. The van der Waals surface area contributed by atoms with Gasteiger partial charge in [0.05, 0.1) is 4.88 Å². The molecule has 4 heteroatoms. The topological polar surface area (TPSA) is 41.1 Å². The first-order chi connectivity index (χ1) is 9.33. The zero-order chi connectivity index (χ0) is 13.1. The molecule has 2 heterocycles. The monoisotopic (exact) mass is 278 g/mol. The van der Waals surface area contributed by atoms with Gasteiger partial charge in [0.15, 0.2) is 0 Å². The van der Waals surface area contributed by atoms with E-state index in [2.05, 4.69) is 16.7 Å². The molecule has 1 unspecified atom stereocenters. The Bertz CT molecular complexity index is 425. The highest BCUT2D eigenvalue weighted by Crippen LogP contribution is 2.29. The van der Waals surface area contributed by atoms with Gasteiger partial charge >= 0.3 is 0 Å². The molecule has 3 nitrogen and oxygen atoms in total. The van der Waals surface area contributed by atoms with Crippen molar-refractivity contribution in [1.29, 1.82) is 0 Å². The smallest absolute Gasteiger partial charge is 0.261 e. The van der Waals surface area contributed by atoms with Crippen LogP contribution in [-0.2, 0) is 12.8 Å². The Morgan fingerprint density at radius 1 is 1.37 bits per heavy atom. The number of thiophene rings is 1. The number of amides is 1. The van der Waals surface area contributed by atoms with Gasteiger partial charge < -0.3 is 10.6 Å². The molecule has 1 aromatic rings. The van der Waals surface area contributed by atoms with Gasteiger partial charge in [-0.1, -0.05) is 0 Å². The number of hydrogen-bond donors (Lipinski definition) is 2. The Morgan fingerprint density at radius 3 is 3.05 bits per heavy atom. The molecular weight excluding hydrogens is 256 g/mol. The van der Waals surface area contributed by atoms with Crippen LogP contribution in [0.4, 0.5) is 0 Å². The van der Waals surface area contributed by atoms with Crippen LogP contribution in [0.5, 0.6) is 0 Å². The van der Waals surface area contributed by atoms with Gasteiger partial charge in [-0.15, -0.1) is 11.3 Å². The van der Waals surface area contributed by atoms with E-state index in [9.17, 15) is 4.79 Å². The Balaban J connectivity index is 1.50. The molecule has 3 rings (SSSR count). The second-order valence-corrected chi connectivity index (χ2v) is 6.74. The van der Waals surface area contributed by atoms with E-state index in [1.807, 2.05) is 0 Å². The first kappa shape index (κ1) is 13.1. The van der Waals surface area contributed by atoms with Crippen molar-refractivity contribution in [2.75, 3.05) is 13.1 Å². The molecule has 0 saturated carbocycles. The zero-order valence-electron chi connectivity index (χ0n) is 11.3. The van der Waals surface area contributed by atoms with Crippen LogP contribution in [-0.4, -0.2) is 25.0 Å². The SMILES string of the molecule is O=C(NCCC1CCCN1)c1cc2c(s1)CCCC2. The first-order valence-electron chi connectivity index (χ1n) is 7.46. The molecule has 0 radical (unpaired) electrons. The predicted molar refractivity (Wildman–Crippen MR) is 78.9 cm³/mol. The fourth-order valence-electron chi connectivity index (χ4n) is 3.05. The van der Waals surface area contributed by atoms with E-state index < -0.39 is 0 Å². The maximum Gasteiger partial charge on any atom is 0.261 e. The summed E-state index contributed by atoms with van der Waals surface area (Å²) in [5.41, 5.74) is 1.42. The van der Waals surface area contributed by atoms with Crippen molar-refractivity contribution in [3.05, 3.63) is 21.4 Å². The second-order valence-electron chi connectivity index (χ2n) is 5.60. The molecular formula is C15H22N2OS. The van der Waals surface area contributed by atoms with Crippen LogP contribution in [0, 0.1) is 0 Å². The lowest BCUT2D eigenvalue weighted by Crippen LogP contribution is -2.30. The molecule has 1 saturated heterocycles. The van der Waals surface area contributed by atoms with Gasteiger partial charge in [-0.25, -0.2) is 0 Å². The molecule has 1 aliphatic heterocycles. The van der Waals surface area contributed by atoms with Crippen molar-refractivity contribution in [3.63, 3.8) is 0 Å². The van der Waals surface area contributed by atoms with Crippen LogP contribution in [0.15, 0.2) is 6.07 Å². The highest BCUT2D eigenvalue weighted by atomic mass is 32.1. The van der Waals surface area contributed by atoms with E-state index >= 15 is 0 Å². The van der Waals surface area contributed by atoms with Crippen LogP contribution in [0.2, 0.25) is 0 Å². The maximum absolute atomic E-state index is 12.1. The highest BCUT2D eigenvalue weighted by molar-refractivity contribution is 7.14. The summed E-state index contributed by atoms with van der Waals surface area (Å²) < 4.78 is 0. The van der Waals surface area contributed by atoms with Gasteiger partial charge in [-0.3, -0.25) is 4.79 Å².